The first-order valence-electron chi connectivity index (χ1n) is 8.70. The van der Waals surface area contributed by atoms with Crippen LogP contribution in [0.3, 0.4) is 0 Å². The number of benzene rings is 1. The monoisotopic (exact) mass is 342 g/mol. The number of anilines is 1. The number of rotatable bonds is 9. The molecule has 0 saturated heterocycles. The number of hydrogen-bond donors (Lipinski definition) is 2. The van der Waals surface area contributed by atoms with Crippen molar-refractivity contribution < 1.29 is 14.4 Å². The van der Waals surface area contributed by atoms with E-state index in [4.69, 9.17) is 7.85 Å². The van der Waals surface area contributed by atoms with Crippen LogP contribution in [0.5, 0.6) is 0 Å². The molecule has 0 unspecified atom stereocenters. The molecule has 0 heterocycles. The predicted octanol–water partition coefficient (Wildman–Crippen LogP) is 2.44. The second kappa shape index (κ2) is 10.0. The van der Waals surface area contributed by atoms with Crippen molar-refractivity contribution in [1.82, 2.24) is 5.32 Å². The number of Topliss-reactive ketones (excluding diaryl/α,β-unsaturated/α-hetero) is 1. The van der Waals surface area contributed by atoms with E-state index in [0.717, 1.165) is 5.56 Å². The maximum Gasteiger partial charge on any atom is 0.227 e. The van der Waals surface area contributed by atoms with E-state index >= 15 is 0 Å². The Balaban J connectivity index is 2.64. The molecule has 0 bridgehead atoms. The summed E-state index contributed by atoms with van der Waals surface area (Å²) < 4.78 is 0. The fourth-order valence-electron chi connectivity index (χ4n) is 2.41. The topological polar surface area (TPSA) is 75.3 Å². The molecule has 0 fully saturated rings. The van der Waals surface area contributed by atoms with Gasteiger partial charge in [0.15, 0.2) is 5.78 Å². The SMILES string of the molecule is [B]Cc1ccc(NC(=O)[C@H](C)CC(=O)[C@@H](NC(=O)CC)C(C)C)cc1. The summed E-state index contributed by atoms with van der Waals surface area (Å²) in [7, 11) is 5.55. The molecule has 6 heteroatoms. The Morgan fingerprint density at radius 2 is 1.68 bits per heavy atom. The number of amides is 2. The van der Waals surface area contributed by atoms with E-state index < -0.39 is 12.0 Å². The molecule has 25 heavy (non-hydrogen) atoms. The van der Waals surface area contributed by atoms with Crippen molar-refractivity contribution in [3.05, 3.63) is 29.8 Å². The van der Waals surface area contributed by atoms with Crippen LogP contribution in [0, 0.1) is 11.8 Å². The highest BCUT2D eigenvalue weighted by molar-refractivity contribution is 6.08. The largest absolute Gasteiger partial charge is 0.346 e. The van der Waals surface area contributed by atoms with Crippen molar-refractivity contribution in [2.45, 2.75) is 52.9 Å². The Hall–Kier alpha value is -2.11. The summed E-state index contributed by atoms with van der Waals surface area (Å²) in [6, 6.07) is 6.70. The first kappa shape index (κ1) is 20.9. The Bertz CT molecular complexity index is 599. The molecule has 2 atom stereocenters. The van der Waals surface area contributed by atoms with E-state index in [9.17, 15) is 14.4 Å². The van der Waals surface area contributed by atoms with Crippen LogP contribution in [0.1, 0.15) is 46.1 Å². The van der Waals surface area contributed by atoms with Crippen molar-refractivity contribution in [2.75, 3.05) is 5.32 Å². The third-order valence-corrected chi connectivity index (χ3v) is 4.06. The Kier molecular flexibility index (Phi) is 8.39. The number of nitrogens with one attached hydrogen (secondary N) is 2. The first-order chi connectivity index (χ1) is 11.8. The van der Waals surface area contributed by atoms with E-state index in [0.29, 0.717) is 18.4 Å². The van der Waals surface area contributed by atoms with Crippen molar-refractivity contribution in [3.8, 4) is 0 Å². The lowest BCUT2D eigenvalue weighted by Gasteiger charge is -2.22. The number of carbonyl (C=O) groups is 3. The Morgan fingerprint density at radius 1 is 1.08 bits per heavy atom. The molecule has 1 aromatic rings. The molecule has 5 nitrogen and oxygen atoms in total. The van der Waals surface area contributed by atoms with Gasteiger partial charge in [-0.2, -0.15) is 0 Å². The maximum atomic E-state index is 12.5. The van der Waals surface area contributed by atoms with E-state index in [2.05, 4.69) is 10.6 Å². The average Bonchev–Trinajstić information content (AvgIpc) is 2.59. The Labute approximate surface area is 151 Å². The van der Waals surface area contributed by atoms with Gasteiger partial charge in [0.25, 0.3) is 0 Å². The lowest BCUT2D eigenvalue weighted by molar-refractivity contribution is -0.130. The zero-order valence-electron chi connectivity index (χ0n) is 15.5. The number of ketones is 1. The molecule has 0 aliphatic carbocycles. The summed E-state index contributed by atoms with van der Waals surface area (Å²) >= 11 is 0. The van der Waals surface area contributed by atoms with E-state index in [-0.39, 0.29) is 29.9 Å². The summed E-state index contributed by atoms with van der Waals surface area (Å²) in [5, 5.41) is 5.54. The Morgan fingerprint density at radius 3 is 2.16 bits per heavy atom. The third-order valence-electron chi connectivity index (χ3n) is 4.06. The first-order valence-corrected chi connectivity index (χ1v) is 8.70. The van der Waals surface area contributed by atoms with Gasteiger partial charge in [0.2, 0.25) is 11.8 Å². The average molecular weight is 342 g/mol. The fraction of sp³-hybridized carbons (Fsp3) is 0.526. The van der Waals surface area contributed by atoms with Gasteiger partial charge >= 0.3 is 0 Å². The molecule has 134 valence electrons. The van der Waals surface area contributed by atoms with Crippen molar-refractivity contribution in [1.29, 1.82) is 0 Å². The molecule has 2 radical (unpaired) electrons. The van der Waals surface area contributed by atoms with Crippen molar-refractivity contribution >= 4 is 31.1 Å². The van der Waals surface area contributed by atoms with Gasteiger partial charge in [0.1, 0.15) is 0 Å². The molecule has 1 rings (SSSR count). The zero-order chi connectivity index (χ0) is 19.0. The number of hydrogen-bond acceptors (Lipinski definition) is 3. The molecule has 0 aliphatic rings. The minimum atomic E-state index is -0.563. The zero-order valence-corrected chi connectivity index (χ0v) is 15.5. The summed E-state index contributed by atoms with van der Waals surface area (Å²) in [6.07, 6.45) is 0.851. The van der Waals surface area contributed by atoms with Crippen LogP contribution >= 0.6 is 0 Å². The highest BCUT2D eigenvalue weighted by Gasteiger charge is 2.27. The van der Waals surface area contributed by atoms with Crippen LogP contribution in [0.25, 0.3) is 0 Å². The smallest absolute Gasteiger partial charge is 0.227 e. The van der Waals surface area contributed by atoms with Crippen LogP contribution < -0.4 is 10.6 Å². The van der Waals surface area contributed by atoms with E-state index in [1.54, 1.807) is 26.0 Å². The molecule has 0 aliphatic heterocycles. The molecular formula is C19H27BN2O3. The quantitative estimate of drug-likeness (QED) is 0.677. The fourth-order valence-corrected chi connectivity index (χ4v) is 2.41. The predicted molar refractivity (Wildman–Crippen MR) is 100 cm³/mol. The van der Waals surface area contributed by atoms with Gasteiger partial charge in [0, 0.05) is 24.4 Å². The molecule has 2 N–H and O–H groups in total. The van der Waals surface area contributed by atoms with Gasteiger partial charge in [-0.1, -0.05) is 51.7 Å². The molecular weight excluding hydrogens is 315 g/mol. The second-order valence-corrected chi connectivity index (χ2v) is 6.60. The molecule has 1 aromatic carbocycles. The van der Waals surface area contributed by atoms with Crippen LogP contribution in [0.2, 0.25) is 0 Å². The third kappa shape index (κ3) is 6.73. The van der Waals surface area contributed by atoms with Gasteiger partial charge in [-0.15, -0.1) is 0 Å². The lowest BCUT2D eigenvalue weighted by atomic mass is 9.92. The van der Waals surface area contributed by atoms with Crippen LogP contribution in [0.4, 0.5) is 5.69 Å². The summed E-state index contributed by atoms with van der Waals surface area (Å²) in [5.41, 5.74) is 1.65. The minimum Gasteiger partial charge on any atom is -0.346 e. The van der Waals surface area contributed by atoms with Gasteiger partial charge in [-0.05, 0) is 18.1 Å². The summed E-state index contributed by atoms with van der Waals surface area (Å²) in [5.74, 6) is -1.02. The number of carbonyl (C=O) groups excluding carboxylic acids is 3. The van der Waals surface area contributed by atoms with E-state index in [1.165, 1.54) is 0 Å². The van der Waals surface area contributed by atoms with Crippen molar-refractivity contribution in [3.63, 3.8) is 0 Å². The van der Waals surface area contributed by atoms with Crippen molar-refractivity contribution in [2.24, 2.45) is 11.8 Å². The second-order valence-electron chi connectivity index (χ2n) is 6.60. The normalized spacial score (nSPS) is 13.2. The summed E-state index contributed by atoms with van der Waals surface area (Å²) in [4.78, 5) is 36.4. The van der Waals surface area contributed by atoms with Crippen LogP contribution in [0.15, 0.2) is 24.3 Å². The highest BCUT2D eigenvalue weighted by atomic mass is 16.2. The standard InChI is InChI=1S/C19H27BN2O3/c1-5-17(24)22-18(12(2)3)16(23)10-13(4)19(25)21-15-8-6-14(11-20)7-9-15/h6-9,12-13,18H,5,10-11H2,1-4H3,(H,21,25)(H,22,24)/t13-,18+/m1/s1. The van der Waals surface area contributed by atoms with Gasteiger partial charge < -0.3 is 10.6 Å². The lowest BCUT2D eigenvalue weighted by Crippen LogP contribution is -2.45. The molecule has 0 spiro atoms. The molecule has 2 amide bonds. The van der Waals surface area contributed by atoms with Gasteiger partial charge in [-0.25, -0.2) is 0 Å². The van der Waals surface area contributed by atoms with Crippen LogP contribution in [-0.4, -0.2) is 31.5 Å². The van der Waals surface area contributed by atoms with Crippen LogP contribution in [-0.2, 0) is 20.7 Å². The maximum absolute atomic E-state index is 12.5. The van der Waals surface area contributed by atoms with Gasteiger partial charge in [0.05, 0.1) is 13.9 Å². The molecule has 0 saturated carbocycles. The summed E-state index contributed by atoms with van der Waals surface area (Å²) in [6.45, 7) is 7.20. The van der Waals surface area contributed by atoms with E-state index in [1.807, 2.05) is 26.0 Å². The minimum absolute atomic E-state index is 0.0259. The van der Waals surface area contributed by atoms with Gasteiger partial charge in [-0.3, -0.25) is 14.4 Å². The molecule has 0 aromatic heterocycles. The highest BCUT2D eigenvalue weighted by Crippen LogP contribution is 2.15.